The molecule has 54 heavy (non-hydrogen) atoms. The lowest BCUT2D eigenvalue weighted by molar-refractivity contribution is -0.375. The van der Waals surface area contributed by atoms with Crippen LogP contribution in [0, 0.1) is 0 Å². The van der Waals surface area contributed by atoms with Gasteiger partial charge in [-0.2, -0.15) is 0 Å². The molecule has 0 bridgehead atoms. The summed E-state index contributed by atoms with van der Waals surface area (Å²) in [5, 5.41) is 113. The summed E-state index contributed by atoms with van der Waals surface area (Å²) in [7, 11) is 0. The van der Waals surface area contributed by atoms with Crippen LogP contribution in [0.3, 0.4) is 0 Å². The number of aromatic hydroxyl groups is 4. The summed E-state index contributed by atoms with van der Waals surface area (Å²) in [6.07, 6.45) is -20.9. The Bertz CT molecular complexity index is 1590. The second kappa shape index (κ2) is 17.9. The molecule has 3 fully saturated rings. The molecular weight excluding hydrogens is 724 g/mol. The molecule has 0 unspecified atom stereocenters. The fraction of sp³-hybridized carbons (Fsp3) is 0.571. The Morgan fingerprint density at radius 1 is 0.667 bits per heavy atom. The van der Waals surface area contributed by atoms with Crippen LogP contribution in [0.2, 0.25) is 0 Å². The lowest BCUT2D eigenvalue weighted by atomic mass is 9.96. The molecular formula is C35H46O19. The summed E-state index contributed by atoms with van der Waals surface area (Å²) >= 11 is 0. The second-order valence-corrected chi connectivity index (χ2v) is 13.2. The van der Waals surface area contributed by atoms with Gasteiger partial charge in [0.15, 0.2) is 48.0 Å². The SMILES string of the molecule is C[C@@H]1O[C@@H](O[C@@H]2[C@@H](O)[C@@H](O)[C@H](O[C@@H]3[C@@H](O)[C@H](OCCc4ccc(O)c(O)c4)O[C@H](CO)[C@H]3OC(=O)/C=C\c3ccc(O)c(O)c3)O[C@H]2C)[C@H](O)[C@H](O)[C@H]1O. The highest BCUT2D eigenvalue weighted by Gasteiger charge is 2.54. The van der Waals surface area contributed by atoms with Crippen molar-refractivity contribution in [3.05, 3.63) is 53.6 Å². The Morgan fingerprint density at radius 3 is 1.93 bits per heavy atom. The number of carbonyl (C=O) groups is 1. The van der Waals surface area contributed by atoms with Crippen LogP contribution in [0.4, 0.5) is 0 Å². The number of ether oxygens (including phenoxy) is 7. The Kier molecular flexibility index (Phi) is 13.7. The highest BCUT2D eigenvalue weighted by atomic mass is 16.8. The second-order valence-electron chi connectivity index (χ2n) is 13.2. The molecule has 0 spiro atoms. The van der Waals surface area contributed by atoms with Gasteiger partial charge in [0.1, 0.15) is 54.9 Å². The molecule has 300 valence electrons. The lowest BCUT2D eigenvalue weighted by Gasteiger charge is -2.48. The van der Waals surface area contributed by atoms with Gasteiger partial charge in [-0.3, -0.25) is 0 Å². The Morgan fingerprint density at radius 2 is 1.28 bits per heavy atom. The number of benzene rings is 2. The fourth-order valence-corrected chi connectivity index (χ4v) is 6.22. The number of rotatable bonds is 12. The van der Waals surface area contributed by atoms with E-state index in [4.69, 9.17) is 33.2 Å². The van der Waals surface area contributed by atoms with Crippen molar-refractivity contribution in [3.8, 4) is 23.0 Å². The van der Waals surface area contributed by atoms with Crippen molar-refractivity contribution in [1.82, 2.24) is 0 Å². The highest BCUT2D eigenvalue weighted by Crippen LogP contribution is 2.34. The molecule has 3 heterocycles. The molecule has 19 nitrogen and oxygen atoms in total. The normalized spacial score (nSPS) is 37.3. The van der Waals surface area contributed by atoms with Crippen molar-refractivity contribution in [1.29, 1.82) is 0 Å². The maximum atomic E-state index is 13.0. The van der Waals surface area contributed by atoms with Crippen LogP contribution in [-0.2, 0) is 44.4 Å². The van der Waals surface area contributed by atoms with E-state index in [2.05, 4.69) is 0 Å². The summed E-state index contributed by atoms with van der Waals surface area (Å²) in [4.78, 5) is 13.0. The molecule has 3 aliphatic rings. The average molecular weight is 771 g/mol. The van der Waals surface area contributed by atoms with Gasteiger partial charge in [-0.1, -0.05) is 12.1 Å². The minimum Gasteiger partial charge on any atom is -0.504 e. The van der Waals surface area contributed by atoms with Crippen molar-refractivity contribution in [2.24, 2.45) is 0 Å². The van der Waals surface area contributed by atoms with Gasteiger partial charge >= 0.3 is 5.97 Å². The zero-order valence-electron chi connectivity index (χ0n) is 29.1. The Hall–Kier alpha value is -3.67. The summed E-state index contributed by atoms with van der Waals surface area (Å²) in [6.45, 7) is 1.93. The third-order valence-electron chi connectivity index (χ3n) is 9.34. The minimum atomic E-state index is -1.91. The van der Waals surface area contributed by atoms with Gasteiger partial charge in [-0.15, -0.1) is 0 Å². The third kappa shape index (κ3) is 9.40. The zero-order valence-corrected chi connectivity index (χ0v) is 29.1. The van der Waals surface area contributed by atoms with E-state index in [1.165, 1.54) is 56.3 Å². The first-order valence-electron chi connectivity index (χ1n) is 17.1. The van der Waals surface area contributed by atoms with E-state index in [1.54, 1.807) is 0 Å². The predicted molar refractivity (Wildman–Crippen MR) is 178 cm³/mol. The molecule has 0 aliphatic carbocycles. The fourth-order valence-electron chi connectivity index (χ4n) is 6.22. The molecule has 5 rings (SSSR count). The molecule has 11 N–H and O–H groups in total. The van der Waals surface area contributed by atoms with E-state index in [-0.39, 0.29) is 30.3 Å². The molecule has 0 aromatic heterocycles. The summed E-state index contributed by atoms with van der Waals surface area (Å²) < 4.78 is 40.0. The van der Waals surface area contributed by atoms with Gasteiger partial charge in [-0.25, -0.2) is 4.79 Å². The number of phenolic OH excluding ortho intramolecular Hbond substituents is 4. The topological polar surface area (TPSA) is 304 Å². The average Bonchev–Trinajstić information content (AvgIpc) is 3.14. The van der Waals surface area contributed by atoms with Crippen LogP contribution >= 0.6 is 0 Å². The molecule has 0 amide bonds. The molecule has 3 saturated heterocycles. The number of esters is 1. The van der Waals surface area contributed by atoms with Crippen molar-refractivity contribution >= 4 is 12.0 Å². The van der Waals surface area contributed by atoms with Gasteiger partial charge in [0, 0.05) is 6.08 Å². The largest absolute Gasteiger partial charge is 0.504 e. The predicted octanol–water partition coefficient (Wildman–Crippen LogP) is -2.16. The van der Waals surface area contributed by atoms with Crippen LogP contribution < -0.4 is 0 Å². The van der Waals surface area contributed by atoms with Gasteiger partial charge in [0.05, 0.1) is 25.4 Å². The van der Waals surface area contributed by atoms with E-state index in [9.17, 15) is 61.0 Å². The van der Waals surface area contributed by atoms with Crippen molar-refractivity contribution < 1.29 is 94.1 Å². The van der Waals surface area contributed by atoms with E-state index >= 15 is 0 Å². The first-order valence-corrected chi connectivity index (χ1v) is 17.1. The molecule has 19 heteroatoms. The van der Waals surface area contributed by atoms with Crippen molar-refractivity contribution in [2.45, 2.75) is 112 Å². The summed E-state index contributed by atoms with van der Waals surface area (Å²) in [6, 6.07) is 7.88. The summed E-state index contributed by atoms with van der Waals surface area (Å²) in [5.74, 6) is -2.55. The summed E-state index contributed by atoms with van der Waals surface area (Å²) in [5.41, 5.74) is 0.848. The standard InChI is InChI=1S/C35H46O19/c1-14-24(42)25(43)27(45)34(49-14)53-30-15(2)50-35(28(46)26(30)44)54-32-29(47)33(48-10-9-17-4-7-19(38)21(40)12-17)51-22(13-36)31(32)52-23(41)8-5-16-3-6-18(37)20(39)11-16/h3-8,11-12,14-15,22,24-40,42-47H,9-10,13H2,1-2H3/b8-5-/t14-,15-,22+,24-,25+,26-,27+,28+,29+,30-,31+,32+,33+,34-,35-/m0/s1. The molecule has 2 aromatic rings. The quantitative estimate of drug-likeness (QED) is 0.0622. The van der Waals surface area contributed by atoms with Crippen molar-refractivity contribution in [2.75, 3.05) is 13.2 Å². The van der Waals surface area contributed by atoms with Crippen LogP contribution in [0.15, 0.2) is 42.5 Å². The molecule has 2 aromatic carbocycles. The van der Waals surface area contributed by atoms with Gasteiger partial charge < -0.3 is 89.3 Å². The molecule has 15 atom stereocenters. The van der Waals surface area contributed by atoms with E-state index in [1.807, 2.05) is 0 Å². The van der Waals surface area contributed by atoms with Crippen LogP contribution in [0.25, 0.3) is 6.08 Å². The van der Waals surface area contributed by atoms with E-state index in [0.717, 1.165) is 6.08 Å². The van der Waals surface area contributed by atoms with Crippen LogP contribution in [0.1, 0.15) is 25.0 Å². The zero-order chi connectivity index (χ0) is 39.4. The number of hydrogen-bond donors (Lipinski definition) is 11. The maximum Gasteiger partial charge on any atom is 0.331 e. The number of aliphatic hydroxyl groups excluding tert-OH is 7. The Balaban J connectivity index is 1.33. The monoisotopic (exact) mass is 770 g/mol. The number of carbonyl (C=O) groups excluding carboxylic acids is 1. The van der Waals surface area contributed by atoms with Crippen LogP contribution in [-0.4, -0.2) is 167 Å². The number of phenols is 4. The lowest BCUT2D eigenvalue weighted by Crippen LogP contribution is -2.66. The Labute approximate surface area is 308 Å². The van der Waals surface area contributed by atoms with Gasteiger partial charge in [-0.05, 0) is 61.7 Å². The van der Waals surface area contributed by atoms with E-state index < -0.39 is 110 Å². The van der Waals surface area contributed by atoms with Gasteiger partial charge in [0.25, 0.3) is 0 Å². The highest BCUT2D eigenvalue weighted by molar-refractivity contribution is 5.87. The third-order valence-corrected chi connectivity index (χ3v) is 9.34. The maximum absolute atomic E-state index is 13.0. The smallest absolute Gasteiger partial charge is 0.331 e. The molecule has 0 saturated carbocycles. The molecule has 3 aliphatic heterocycles. The molecule has 0 radical (unpaired) electrons. The number of hydrogen-bond acceptors (Lipinski definition) is 19. The van der Waals surface area contributed by atoms with Crippen molar-refractivity contribution in [3.63, 3.8) is 0 Å². The van der Waals surface area contributed by atoms with Gasteiger partial charge in [0.2, 0.25) is 0 Å². The number of aliphatic hydroxyl groups is 7. The first-order chi connectivity index (χ1) is 25.6. The van der Waals surface area contributed by atoms with Crippen LogP contribution in [0.5, 0.6) is 23.0 Å². The minimum absolute atomic E-state index is 0.125. The van der Waals surface area contributed by atoms with E-state index in [0.29, 0.717) is 11.1 Å². The first kappa shape index (κ1) is 41.5.